The van der Waals surface area contributed by atoms with Gasteiger partial charge in [0, 0.05) is 30.2 Å². The molecule has 1 N–H and O–H groups in total. The summed E-state index contributed by atoms with van der Waals surface area (Å²) < 4.78 is 10.7. The van der Waals surface area contributed by atoms with Gasteiger partial charge in [0.1, 0.15) is 11.4 Å². The fourth-order valence-corrected chi connectivity index (χ4v) is 3.00. The number of hydrogen-bond donors (Lipinski definition) is 1. The average molecular weight is 334 g/mol. The number of likely N-dealkylation sites (tertiary alicyclic amines) is 1. The van der Waals surface area contributed by atoms with Crippen LogP contribution in [0.1, 0.15) is 41.0 Å². The Morgan fingerprint density at radius 2 is 1.88 bits per heavy atom. The van der Waals surface area contributed by atoms with Crippen molar-refractivity contribution in [1.29, 1.82) is 0 Å². The number of rotatable bonds is 3. The van der Waals surface area contributed by atoms with Crippen LogP contribution in [0.25, 0.3) is 0 Å². The molecule has 0 aromatic heterocycles. The minimum Gasteiger partial charge on any atom is -0.497 e. The highest BCUT2D eigenvalue weighted by Crippen LogP contribution is 2.32. The van der Waals surface area contributed by atoms with Crippen molar-refractivity contribution in [2.75, 3.05) is 25.5 Å². The van der Waals surface area contributed by atoms with Crippen LogP contribution in [0.2, 0.25) is 0 Å². The van der Waals surface area contributed by atoms with Crippen molar-refractivity contribution >= 4 is 11.8 Å². The van der Waals surface area contributed by atoms with Gasteiger partial charge in [-0.1, -0.05) is 13.8 Å². The Morgan fingerprint density at radius 3 is 2.38 bits per heavy atom. The molecule has 24 heavy (non-hydrogen) atoms. The molecule has 5 nitrogen and oxygen atoms in total. The highest BCUT2D eigenvalue weighted by molar-refractivity contribution is 5.68. The summed E-state index contributed by atoms with van der Waals surface area (Å²) >= 11 is 0. The lowest BCUT2D eigenvalue weighted by molar-refractivity contribution is 0.00691. The summed E-state index contributed by atoms with van der Waals surface area (Å²) in [7, 11) is 1.66. The van der Waals surface area contributed by atoms with E-state index in [1.807, 2.05) is 49.9 Å². The van der Waals surface area contributed by atoms with Crippen LogP contribution < -0.4 is 10.1 Å². The van der Waals surface area contributed by atoms with Gasteiger partial charge >= 0.3 is 6.09 Å². The summed E-state index contributed by atoms with van der Waals surface area (Å²) in [6, 6.07) is 8.24. The highest BCUT2D eigenvalue weighted by atomic mass is 16.6. The van der Waals surface area contributed by atoms with E-state index in [9.17, 15) is 4.79 Å². The number of methoxy groups -OCH3 is 1. The number of carbonyl (C=O) groups is 1. The number of carbonyl (C=O) groups excluding carboxylic acids is 1. The molecule has 0 spiro atoms. The second kappa shape index (κ2) is 6.91. The first-order valence-corrected chi connectivity index (χ1v) is 8.49. The number of benzene rings is 1. The molecule has 134 valence electrons. The second-order valence-electron chi connectivity index (χ2n) is 8.10. The lowest BCUT2D eigenvalue weighted by Gasteiger charge is -2.45. The largest absolute Gasteiger partial charge is 0.497 e. The predicted octanol–water partition coefficient (Wildman–Crippen LogP) is 4.14. The van der Waals surface area contributed by atoms with Gasteiger partial charge in [0.05, 0.1) is 7.11 Å². The number of nitrogens with zero attached hydrogens (tertiary/aromatic N) is 1. The smallest absolute Gasteiger partial charge is 0.410 e. The molecule has 1 fully saturated rings. The topological polar surface area (TPSA) is 50.8 Å². The summed E-state index contributed by atoms with van der Waals surface area (Å²) in [4.78, 5) is 14.1. The van der Waals surface area contributed by atoms with Crippen molar-refractivity contribution in [2.24, 2.45) is 5.41 Å². The average Bonchev–Trinajstić information content (AvgIpc) is 2.48. The second-order valence-corrected chi connectivity index (χ2v) is 8.10. The summed E-state index contributed by atoms with van der Waals surface area (Å²) in [5.74, 6) is 0.847. The Morgan fingerprint density at radius 1 is 1.25 bits per heavy atom. The van der Waals surface area contributed by atoms with Crippen LogP contribution in [0.4, 0.5) is 10.5 Å². The zero-order valence-corrected chi connectivity index (χ0v) is 15.7. The summed E-state index contributed by atoms with van der Waals surface area (Å²) in [6.45, 7) is 11.4. The molecular formula is C19H30N2O3. The van der Waals surface area contributed by atoms with Gasteiger partial charge in [-0.25, -0.2) is 4.79 Å². The standard InChI is InChI=1S/C19H30N2O3/c1-18(2,3)24-17(22)21-12-11-16(19(4,5)13-21)20-14-7-9-15(23-6)10-8-14/h7-10,16,20H,11-13H2,1-6H3. The Kier molecular flexibility index (Phi) is 5.31. The van der Waals surface area contributed by atoms with Gasteiger partial charge < -0.3 is 19.7 Å². The van der Waals surface area contributed by atoms with Gasteiger partial charge in [-0.15, -0.1) is 0 Å². The van der Waals surface area contributed by atoms with Crippen LogP contribution in [0.15, 0.2) is 24.3 Å². The van der Waals surface area contributed by atoms with Crippen molar-refractivity contribution in [3.05, 3.63) is 24.3 Å². The molecule has 2 rings (SSSR count). The van der Waals surface area contributed by atoms with Crippen LogP contribution in [0, 0.1) is 5.41 Å². The van der Waals surface area contributed by atoms with Crippen LogP contribution in [-0.2, 0) is 4.74 Å². The number of amides is 1. The van der Waals surface area contributed by atoms with Crippen LogP contribution in [0.5, 0.6) is 5.75 Å². The molecule has 1 aliphatic rings. The molecule has 0 bridgehead atoms. The van der Waals surface area contributed by atoms with Crippen molar-refractivity contribution in [2.45, 2.75) is 52.7 Å². The summed E-state index contributed by atoms with van der Waals surface area (Å²) in [5.41, 5.74) is 0.564. The maximum absolute atomic E-state index is 12.3. The Labute approximate surface area is 145 Å². The molecule has 1 aromatic rings. The maximum Gasteiger partial charge on any atom is 0.410 e. The predicted molar refractivity (Wildman–Crippen MR) is 96.6 cm³/mol. The summed E-state index contributed by atoms with van der Waals surface area (Å²) in [5, 5.41) is 3.60. The van der Waals surface area contributed by atoms with Gasteiger partial charge in [-0.2, -0.15) is 0 Å². The zero-order chi connectivity index (χ0) is 18.0. The van der Waals surface area contributed by atoms with Crippen LogP contribution in [0.3, 0.4) is 0 Å². The summed E-state index contributed by atoms with van der Waals surface area (Å²) in [6.07, 6.45) is 0.664. The molecule has 1 heterocycles. The van der Waals surface area contributed by atoms with E-state index in [1.54, 1.807) is 7.11 Å². The van der Waals surface area contributed by atoms with Gasteiger partial charge in [0.2, 0.25) is 0 Å². The number of nitrogens with one attached hydrogen (secondary N) is 1. The van der Waals surface area contributed by atoms with Crippen molar-refractivity contribution in [1.82, 2.24) is 4.90 Å². The van der Waals surface area contributed by atoms with E-state index in [0.717, 1.165) is 17.9 Å². The third kappa shape index (κ3) is 4.79. The van der Waals surface area contributed by atoms with Gasteiger partial charge in [0.25, 0.3) is 0 Å². The molecule has 1 atom stereocenters. The van der Waals surface area contributed by atoms with Crippen LogP contribution >= 0.6 is 0 Å². The normalized spacial score (nSPS) is 20.4. The zero-order valence-electron chi connectivity index (χ0n) is 15.7. The van der Waals surface area contributed by atoms with E-state index in [2.05, 4.69) is 19.2 Å². The van der Waals surface area contributed by atoms with E-state index in [1.165, 1.54) is 0 Å². The molecule has 1 saturated heterocycles. The van der Waals surface area contributed by atoms with Crippen molar-refractivity contribution < 1.29 is 14.3 Å². The third-order valence-electron chi connectivity index (χ3n) is 4.31. The Balaban J connectivity index is 1.99. The first kappa shape index (κ1) is 18.4. The lowest BCUT2D eigenvalue weighted by atomic mass is 9.79. The molecule has 0 saturated carbocycles. The minimum atomic E-state index is -0.459. The molecular weight excluding hydrogens is 304 g/mol. The molecule has 5 heteroatoms. The molecule has 1 amide bonds. The first-order chi connectivity index (χ1) is 11.1. The number of anilines is 1. The third-order valence-corrected chi connectivity index (χ3v) is 4.31. The maximum atomic E-state index is 12.3. The van der Waals surface area contributed by atoms with Crippen molar-refractivity contribution in [3.63, 3.8) is 0 Å². The minimum absolute atomic E-state index is 0.0465. The Bertz CT molecular complexity index is 561. The monoisotopic (exact) mass is 334 g/mol. The van der Waals surface area contributed by atoms with E-state index in [4.69, 9.17) is 9.47 Å². The van der Waals surface area contributed by atoms with Crippen LogP contribution in [-0.4, -0.2) is 42.8 Å². The van der Waals surface area contributed by atoms with E-state index in [-0.39, 0.29) is 11.5 Å². The van der Waals surface area contributed by atoms with E-state index >= 15 is 0 Å². The number of piperidine rings is 1. The lowest BCUT2D eigenvalue weighted by Crippen LogP contribution is -2.54. The Hall–Kier alpha value is -1.91. The quantitative estimate of drug-likeness (QED) is 0.902. The molecule has 1 unspecified atom stereocenters. The fraction of sp³-hybridized carbons (Fsp3) is 0.632. The van der Waals surface area contributed by atoms with Gasteiger partial charge in [-0.3, -0.25) is 0 Å². The number of hydrogen-bond acceptors (Lipinski definition) is 4. The highest BCUT2D eigenvalue weighted by Gasteiger charge is 2.38. The molecule has 0 radical (unpaired) electrons. The van der Waals surface area contributed by atoms with E-state index in [0.29, 0.717) is 19.1 Å². The van der Waals surface area contributed by atoms with Crippen molar-refractivity contribution in [3.8, 4) is 5.75 Å². The fourth-order valence-electron chi connectivity index (χ4n) is 3.00. The number of ether oxygens (including phenoxy) is 2. The molecule has 0 aliphatic carbocycles. The molecule has 1 aromatic carbocycles. The van der Waals surface area contributed by atoms with E-state index < -0.39 is 5.60 Å². The SMILES string of the molecule is COc1ccc(NC2CCN(C(=O)OC(C)(C)C)CC2(C)C)cc1. The van der Waals surface area contributed by atoms with Gasteiger partial charge in [-0.05, 0) is 51.5 Å². The molecule has 1 aliphatic heterocycles. The van der Waals surface area contributed by atoms with Gasteiger partial charge in [0.15, 0.2) is 0 Å². The first-order valence-electron chi connectivity index (χ1n) is 8.49.